The smallest absolute Gasteiger partial charge is 0.253 e. The van der Waals surface area contributed by atoms with Crippen molar-refractivity contribution in [3.8, 4) is 0 Å². The number of pyridine rings is 1. The fourth-order valence-corrected chi connectivity index (χ4v) is 5.38. The summed E-state index contributed by atoms with van der Waals surface area (Å²) in [4.78, 5) is 19.0. The average Bonchev–Trinajstić information content (AvgIpc) is 3.52. The molecule has 7 heteroatoms. The number of fused-ring (bicyclic) bond motifs is 1. The fourth-order valence-electron chi connectivity index (χ4n) is 5.38. The van der Waals surface area contributed by atoms with Gasteiger partial charge in [-0.3, -0.25) is 9.69 Å². The fraction of sp³-hybridized carbons (Fsp3) is 0.407. The summed E-state index contributed by atoms with van der Waals surface area (Å²) in [6, 6.07) is 16.5. The van der Waals surface area contributed by atoms with Gasteiger partial charge in [0, 0.05) is 23.0 Å². The van der Waals surface area contributed by atoms with Gasteiger partial charge in [-0.2, -0.15) is 0 Å². The van der Waals surface area contributed by atoms with Gasteiger partial charge in [0.15, 0.2) is 5.82 Å². The van der Waals surface area contributed by atoms with Gasteiger partial charge in [-0.1, -0.05) is 56.2 Å². The van der Waals surface area contributed by atoms with Crippen LogP contribution in [0.3, 0.4) is 0 Å². The summed E-state index contributed by atoms with van der Waals surface area (Å²) in [5.41, 5.74) is 4.94. The van der Waals surface area contributed by atoms with Gasteiger partial charge < -0.3 is 4.98 Å². The SMILES string of the molecule is CCN(Cc1ccccc1)[C@@H](c1cc2c(C)cc(C)cc2[nH]c1=O)c1nnnn1C1CCCC1. The third-order valence-electron chi connectivity index (χ3n) is 7.07. The maximum Gasteiger partial charge on any atom is 0.253 e. The lowest BCUT2D eigenvalue weighted by Crippen LogP contribution is -2.35. The second-order valence-corrected chi connectivity index (χ2v) is 9.47. The zero-order valence-corrected chi connectivity index (χ0v) is 20.2. The molecule has 1 saturated carbocycles. The van der Waals surface area contributed by atoms with Crippen LogP contribution >= 0.6 is 0 Å². The van der Waals surface area contributed by atoms with Gasteiger partial charge in [0.05, 0.1) is 6.04 Å². The number of nitrogens with zero attached hydrogens (tertiary/aromatic N) is 5. The predicted molar refractivity (Wildman–Crippen MR) is 134 cm³/mol. The van der Waals surface area contributed by atoms with Crippen molar-refractivity contribution in [2.75, 3.05) is 6.54 Å². The van der Waals surface area contributed by atoms with Crippen LogP contribution in [0, 0.1) is 13.8 Å². The van der Waals surface area contributed by atoms with E-state index in [4.69, 9.17) is 0 Å². The van der Waals surface area contributed by atoms with Gasteiger partial charge in [0.25, 0.3) is 5.56 Å². The molecule has 4 aromatic rings. The van der Waals surface area contributed by atoms with Gasteiger partial charge in [-0.05, 0) is 72.5 Å². The minimum Gasteiger partial charge on any atom is -0.322 e. The lowest BCUT2D eigenvalue weighted by atomic mass is 9.99. The molecular formula is C27H32N6O. The molecule has 2 aromatic heterocycles. The summed E-state index contributed by atoms with van der Waals surface area (Å²) in [5.74, 6) is 0.749. The third kappa shape index (κ3) is 4.28. The van der Waals surface area contributed by atoms with Crippen molar-refractivity contribution < 1.29 is 0 Å². The highest BCUT2D eigenvalue weighted by Crippen LogP contribution is 2.34. The number of aryl methyl sites for hydroxylation is 2. The van der Waals surface area contributed by atoms with Crippen LogP contribution in [0.4, 0.5) is 0 Å². The van der Waals surface area contributed by atoms with Crippen molar-refractivity contribution >= 4 is 10.9 Å². The van der Waals surface area contributed by atoms with Crippen LogP contribution in [0.15, 0.2) is 53.3 Å². The summed E-state index contributed by atoms with van der Waals surface area (Å²) in [7, 11) is 0. The van der Waals surface area contributed by atoms with Crippen LogP contribution in [0.2, 0.25) is 0 Å². The molecular weight excluding hydrogens is 424 g/mol. The van der Waals surface area contributed by atoms with Gasteiger partial charge in [0.2, 0.25) is 0 Å². The molecule has 0 saturated heterocycles. The van der Waals surface area contributed by atoms with Crippen LogP contribution in [-0.4, -0.2) is 36.6 Å². The second-order valence-electron chi connectivity index (χ2n) is 9.47. The Labute approximate surface area is 199 Å². The van der Waals surface area contributed by atoms with E-state index < -0.39 is 0 Å². The molecule has 5 rings (SSSR count). The monoisotopic (exact) mass is 456 g/mol. The molecule has 1 atom stereocenters. The first-order valence-corrected chi connectivity index (χ1v) is 12.2. The quantitative estimate of drug-likeness (QED) is 0.430. The first-order valence-electron chi connectivity index (χ1n) is 12.2. The highest BCUT2D eigenvalue weighted by Gasteiger charge is 2.32. The van der Waals surface area contributed by atoms with E-state index >= 15 is 0 Å². The van der Waals surface area contributed by atoms with E-state index in [0.29, 0.717) is 12.1 Å². The molecule has 0 aliphatic heterocycles. The number of aromatic nitrogens is 5. The lowest BCUT2D eigenvalue weighted by Gasteiger charge is -2.30. The standard InChI is InChI=1S/C27H32N6O/c1-4-32(17-20-10-6-5-7-11-20)25(26-29-30-31-33(26)21-12-8-9-13-21)23-16-22-19(3)14-18(2)15-24(22)28-27(23)34/h5-7,10-11,14-16,21,25H,4,8-9,12-13,17H2,1-3H3,(H,28,34)/t25-/m0/s1. The van der Waals surface area contributed by atoms with Crippen LogP contribution in [0.1, 0.15) is 72.8 Å². The van der Waals surface area contributed by atoms with Crippen molar-refractivity contribution in [2.45, 2.75) is 65.1 Å². The Morgan fingerprint density at radius 2 is 1.88 bits per heavy atom. The maximum atomic E-state index is 13.5. The number of H-pyrrole nitrogens is 1. The van der Waals surface area contributed by atoms with Gasteiger partial charge in [-0.25, -0.2) is 4.68 Å². The first-order chi connectivity index (χ1) is 16.5. The second kappa shape index (κ2) is 9.50. The summed E-state index contributed by atoms with van der Waals surface area (Å²) in [5, 5.41) is 14.1. The Bertz CT molecular complexity index is 1340. The van der Waals surface area contributed by atoms with E-state index in [-0.39, 0.29) is 17.6 Å². The average molecular weight is 457 g/mol. The molecule has 1 aliphatic rings. The van der Waals surface area contributed by atoms with Crippen LogP contribution < -0.4 is 5.56 Å². The van der Waals surface area contributed by atoms with Crippen LogP contribution in [-0.2, 0) is 6.54 Å². The van der Waals surface area contributed by atoms with E-state index in [0.717, 1.165) is 47.2 Å². The van der Waals surface area contributed by atoms with Gasteiger partial charge in [0.1, 0.15) is 6.04 Å². The van der Waals surface area contributed by atoms with E-state index in [1.54, 1.807) is 0 Å². The van der Waals surface area contributed by atoms with Crippen molar-refractivity contribution in [3.63, 3.8) is 0 Å². The van der Waals surface area contributed by atoms with E-state index in [2.05, 4.69) is 82.6 Å². The summed E-state index contributed by atoms with van der Waals surface area (Å²) in [6.07, 6.45) is 4.51. The molecule has 34 heavy (non-hydrogen) atoms. The van der Waals surface area contributed by atoms with E-state index in [1.165, 1.54) is 18.4 Å². The molecule has 1 fully saturated rings. The molecule has 1 aliphatic carbocycles. The van der Waals surface area contributed by atoms with Gasteiger partial charge in [-0.15, -0.1) is 5.10 Å². The Morgan fingerprint density at radius 1 is 1.12 bits per heavy atom. The van der Waals surface area contributed by atoms with Crippen molar-refractivity contribution in [1.82, 2.24) is 30.1 Å². The topological polar surface area (TPSA) is 79.7 Å². The molecule has 7 nitrogen and oxygen atoms in total. The zero-order valence-electron chi connectivity index (χ0n) is 20.2. The first kappa shape index (κ1) is 22.5. The van der Waals surface area contributed by atoms with Crippen LogP contribution in [0.25, 0.3) is 10.9 Å². The van der Waals surface area contributed by atoms with E-state index in [9.17, 15) is 4.79 Å². The largest absolute Gasteiger partial charge is 0.322 e. The van der Waals surface area contributed by atoms with E-state index in [1.807, 2.05) is 16.8 Å². The summed E-state index contributed by atoms with van der Waals surface area (Å²) in [6.45, 7) is 7.72. The number of benzene rings is 2. The van der Waals surface area contributed by atoms with Gasteiger partial charge >= 0.3 is 0 Å². The molecule has 0 radical (unpaired) electrons. The molecule has 0 amide bonds. The third-order valence-corrected chi connectivity index (χ3v) is 7.07. The number of tetrazole rings is 1. The number of hydrogen-bond donors (Lipinski definition) is 1. The summed E-state index contributed by atoms with van der Waals surface area (Å²) >= 11 is 0. The Kier molecular flexibility index (Phi) is 6.28. The Balaban J connectivity index is 1.68. The lowest BCUT2D eigenvalue weighted by molar-refractivity contribution is 0.210. The molecule has 176 valence electrons. The molecule has 2 heterocycles. The minimum absolute atomic E-state index is 0.0880. The predicted octanol–water partition coefficient (Wildman–Crippen LogP) is 4.86. The normalized spacial score (nSPS) is 15.4. The molecule has 2 aromatic carbocycles. The zero-order chi connectivity index (χ0) is 23.7. The number of hydrogen-bond acceptors (Lipinski definition) is 5. The maximum absolute atomic E-state index is 13.5. The number of nitrogens with one attached hydrogen (secondary N) is 1. The molecule has 0 bridgehead atoms. The minimum atomic E-state index is -0.352. The Morgan fingerprint density at radius 3 is 2.62 bits per heavy atom. The Hall–Kier alpha value is -3.32. The van der Waals surface area contributed by atoms with Crippen molar-refractivity contribution in [2.24, 2.45) is 0 Å². The number of aromatic amines is 1. The van der Waals surface area contributed by atoms with Crippen molar-refractivity contribution in [1.29, 1.82) is 0 Å². The highest BCUT2D eigenvalue weighted by atomic mass is 16.1. The van der Waals surface area contributed by atoms with Crippen LogP contribution in [0.5, 0.6) is 0 Å². The summed E-state index contributed by atoms with van der Waals surface area (Å²) < 4.78 is 1.98. The molecule has 1 N–H and O–H groups in total. The number of rotatable bonds is 7. The van der Waals surface area contributed by atoms with Crippen molar-refractivity contribution in [3.05, 3.63) is 87.0 Å². The highest BCUT2D eigenvalue weighted by molar-refractivity contribution is 5.83. The molecule has 0 spiro atoms. The molecule has 0 unspecified atom stereocenters.